The van der Waals surface area contributed by atoms with Gasteiger partial charge < -0.3 is 5.32 Å². The van der Waals surface area contributed by atoms with Crippen LogP contribution >= 0.6 is 0 Å². The van der Waals surface area contributed by atoms with Crippen molar-refractivity contribution in [1.82, 2.24) is 0 Å². The van der Waals surface area contributed by atoms with E-state index in [1.165, 1.54) is 71.2 Å². The summed E-state index contributed by atoms with van der Waals surface area (Å²) in [5.41, 5.74) is 13.7. The molecule has 10 rings (SSSR count). The summed E-state index contributed by atoms with van der Waals surface area (Å²) in [4.78, 5) is 0. The Kier molecular flexibility index (Phi) is 5.15. The first kappa shape index (κ1) is 23.6. The molecular formula is C40H35N. The summed E-state index contributed by atoms with van der Waals surface area (Å²) < 4.78 is 0. The van der Waals surface area contributed by atoms with Crippen LogP contribution in [0.4, 0.5) is 11.4 Å². The number of fused-ring (bicyclic) bond motifs is 3. The first-order chi connectivity index (χ1) is 20.3. The summed E-state index contributed by atoms with van der Waals surface area (Å²) in [5, 5.41) is 3.91. The fourth-order valence-corrected chi connectivity index (χ4v) is 9.75. The highest BCUT2D eigenvalue weighted by atomic mass is 14.9. The summed E-state index contributed by atoms with van der Waals surface area (Å²) in [5.74, 6) is 3.50. The fourth-order valence-electron chi connectivity index (χ4n) is 9.75. The first-order valence-electron chi connectivity index (χ1n) is 15.5. The first-order valence-corrected chi connectivity index (χ1v) is 15.5. The van der Waals surface area contributed by atoms with Gasteiger partial charge in [0.2, 0.25) is 0 Å². The molecule has 5 aliphatic rings. The van der Waals surface area contributed by atoms with Gasteiger partial charge in [-0.2, -0.15) is 0 Å². The molecule has 1 nitrogen and oxygen atoms in total. The van der Waals surface area contributed by atoms with Crippen molar-refractivity contribution in [2.75, 3.05) is 5.32 Å². The molecule has 0 aliphatic heterocycles. The van der Waals surface area contributed by atoms with Crippen molar-refractivity contribution in [1.29, 1.82) is 0 Å². The second-order valence-electron chi connectivity index (χ2n) is 13.1. The van der Waals surface area contributed by atoms with Crippen molar-refractivity contribution >= 4 is 11.4 Å². The van der Waals surface area contributed by atoms with Crippen LogP contribution in [0.25, 0.3) is 33.4 Å². The van der Waals surface area contributed by atoms with Gasteiger partial charge in [-0.3, -0.25) is 0 Å². The number of hydrogen-bond acceptors (Lipinski definition) is 1. The van der Waals surface area contributed by atoms with Gasteiger partial charge in [0.15, 0.2) is 0 Å². The predicted octanol–water partition coefficient (Wildman–Crippen LogP) is 10.5. The number of nitrogens with one attached hydrogen (secondary N) is 1. The topological polar surface area (TPSA) is 12.0 Å². The molecule has 0 amide bonds. The van der Waals surface area contributed by atoms with Crippen LogP contribution in [0.2, 0.25) is 0 Å². The maximum Gasteiger partial charge on any atom is 0.0467 e. The minimum absolute atomic E-state index is 0.205. The fraction of sp³-hybridized carbons (Fsp3) is 0.250. The molecule has 200 valence electrons. The van der Waals surface area contributed by atoms with E-state index in [1.54, 1.807) is 11.1 Å². The molecule has 1 spiro atoms. The third kappa shape index (κ3) is 3.48. The lowest BCUT2D eigenvalue weighted by Crippen LogP contribution is -2.55. The summed E-state index contributed by atoms with van der Waals surface area (Å²) in [6.07, 6.45) is 7.17. The highest BCUT2D eigenvalue weighted by Crippen LogP contribution is 2.70. The van der Waals surface area contributed by atoms with E-state index >= 15 is 0 Å². The highest BCUT2D eigenvalue weighted by molar-refractivity contribution is 5.92. The lowest BCUT2D eigenvalue weighted by atomic mass is 9.43. The third-order valence-corrected chi connectivity index (χ3v) is 11.0. The van der Waals surface area contributed by atoms with Gasteiger partial charge in [-0.25, -0.2) is 0 Å². The number of hydrogen-bond donors (Lipinski definition) is 1. The molecule has 4 bridgehead atoms. The molecule has 0 aromatic heterocycles. The Balaban J connectivity index is 1.12. The lowest BCUT2D eigenvalue weighted by molar-refractivity contribution is -0.0399. The number of rotatable bonds is 4. The summed E-state index contributed by atoms with van der Waals surface area (Å²) >= 11 is 0. The van der Waals surface area contributed by atoms with Crippen LogP contribution in [0.5, 0.6) is 0 Å². The summed E-state index contributed by atoms with van der Waals surface area (Å²) in [6, 6.07) is 45.0. The Labute approximate surface area is 243 Å². The van der Waals surface area contributed by atoms with Crippen LogP contribution in [0.3, 0.4) is 0 Å². The van der Waals surface area contributed by atoms with Crippen molar-refractivity contribution in [3.63, 3.8) is 0 Å². The van der Waals surface area contributed by atoms with Gasteiger partial charge in [-0.1, -0.05) is 97.1 Å². The highest BCUT2D eigenvalue weighted by Gasteiger charge is 2.61. The Hall–Kier alpha value is -4.10. The quantitative estimate of drug-likeness (QED) is 0.244. The van der Waals surface area contributed by atoms with Crippen molar-refractivity contribution in [3.8, 4) is 33.4 Å². The van der Waals surface area contributed by atoms with Crippen LogP contribution in [0.1, 0.15) is 43.2 Å². The molecule has 0 radical (unpaired) electrons. The Morgan fingerprint density at radius 3 is 1.85 bits per heavy atom. The van der Waals surface area contributed by atoms with Gasteiger partial charge in [0.05, 0.1) is 0 Å². The largest absolute Gasteiger partial charge is 0.355 e. The lowest BCUT2D eigenvalue weighted by Gasteiger charge is -2.61. The van der Waals surface area contributed by atoms with Crippen molar-refractivity contribution in [2.45, 2.75) is 37.5 Å². The molecule has 0 unspecified atom stereocenters. The molecule has 5 aromatic rings. The Bertz CT molecular complexity index is 1750. The molecule has 4 fully saturated rings. The molecule has 1 N–H and O–H groups in total. The van der Waals surface area contributed by atoms with Crippen LogP contribution in [-0.2, 0) is 5.41 Å². The van der Waals surface area contributed by atoms with E-state index in [0.717, 1.165) is 29.4 Å². The van der Waals surface area contributed by atoms with E-state index in [-0.39, 0.29) is 5.41 Å². The van der Waals surface area contributed by atoms with Gasteiger partial charge in [0.25, 0.3) is 0 Å². The average Bonchev–Trinajstić information content (AvgIpc) is 3.32. The van der Waals surface area contributed by atoms with E-state index in [2.05, 4.69) is 127 Å². The van der Waals surface area contributed by atoms with Gasteiger partial charge in [0.1, 0.15) is 0 Å². The zero-order valence-electron chi connectivity index (χ0n) is 23.4. The minimum Gasteiger partial charge on any atom is -0.355 e. The third-order valence-electron chi connectivity index (χ3n) is 11.0. The summed E-state index contributed by atoms with van der Waals surface area (Å²) in [6.45, 7) is 0. The van der Waals surface area contributed by atoms with Crippen LogP contribution < -0.4 is 5.32 Å². The zero-order chi connectivity index (χ0) is 27.0. The standard InChI is InChI=1S/C40H35N/c1-2-9-28(10-3-1)29-11-6-12-30(24-29)31-13-7-14-34(25-31)41-38-18-8-17-37-39(38)35-15-4-5-16-36(35)40(37)32-20-26-19-27(22-32)23-33(40)21-26/h1-18,24-27,32-33,41H,19-23H2. The second kappa shape index (κ2) is 8.95. The van der Waals surface area contributed by atoms with Crippen molar-refractivity contribution in [3.05, 3.63) is 132 Å². The Morgan fingerprint density at radius 1 is 0.488 bits per heavy atom. The molecule has 5 aromatic carbocycles. The van der Waals surface area contributed by atoms with Gasteiger partial charge in [0, 0.05) is 22.4 Å². The van der Waals surface area contributed by atoms with Gasteiger partial charge >= 0.3 is 0 Å². The van der Waals surface area contributed by atoms with Crippen molar-refractivity contribution in [2.24, 2.45) is 23.7 Å². The molecule has 4 saturated carbocycles. The molecule has 0 atom stereocenters. The monoisotopic (exact) mass is 529 g/mol. The molecule has 1 heteroatoms. The zero-order valence-corrected chi connectivity index (χ0v) is 23.4. The average molecular weight is 530 g/mol. The van der Waals surface area contributed by atoms with Gasteiger partial charge in [-0.05, 0) is 119 Å². The smallest absolute Gasteiger partial charge is 0.0467 e. The Morgan fingerprint density at radius 2 is 1.07 bits per heavy atom. The molecular weight excluding hydrogens is 494 g/mol. The van der Waals surface area contributed by atoms with E-state index in [4.69, 9.17) is 0 Å². The minimum atomic E-state index is 0.205. The second-order valence-corrected chi connectivity index (χ2v) is 13.1. The van der Waals surface area contributed by atoms with Crippen LogP contribution in [0, 0.1) is 23.7 Å². The SMILES string of the molecule is c1ccc(-c2cccc(-c3cccc(Nc4cccc5c4-c4ccccc4C54C5CC6CC(C5)CC4C6)c3)c2)cc1. The molecule has 0 saturated heterocycles. The van der Waals surface area contributed by atoms with Crippen molar-refractivity contribution < 1.29 is 0 Å². The molecule has 0 heterocycles. The summed E-state index contributed by atoms with van der Waals surface area (Å²) in [7, 11) is 0. The molecule has 41 heavy (non-hydrogen) atoms. The maximum absolute atomic E-state index is 3.91. The van der Waals surface area contributed by atoms with Crippen LogP contribution in [-0.4, -0.2) is 0 Å². The van der Waals surface area contributed by atoms with E-state index in [9.17, 15) is 0 Å². The number of benzene rings is 5. The van der Waals surface area contributed by atoms with E-state index in [0.29, 0.717) is 0 Å². The van der Waals surface area contributed by atoms with E-state index < -0.39 is 0 Å². The van der Waals surface area contributed by atoms with Crippen LogP contribution in [0.15, 0.2) is 121 Å². The number of anilines is 2. The van der Waals surface area contributed by atoms with Gasteiger partial charge in [-0.15, -0.1) is 0 Å². The maximum atomic E-state index is 3.91. The normalized spacial score (nSPS) is 26.6. The molecule has 5 aliphatic carbocycles. The predicted molar refractivity (Wildman–Crippen MR) is 170 cm³/mol. The van der Waals surface area contributed by atoms with E-state index in [1.807, 2.05) is 0 Å².